The molecule has 4 heteroatoms. The molecule has 0 bridgehead atoms. The van der Waals surface area contributed by atoms with E-state index in [0.29, 0.717) is 0 Å². The molecule has 4 nitrogen and oxygen atoms in total. The minimum Gasteiger partial charge on any atom is -0.485 e. The van der Waals surface area contributed by atoms with E-state index in [1.807, 2.05) is 0 Å². The summed E-state index contributed by atoms with van der Waals surface area (Å²) >= 11 is 0. The quantitative estimate of drug-likeness (QED) is 0.749. The Hall–Kier alpha value is -1.71. The van der Waals surface area contributed by atoms with Crippen LogP contribution in [-0.4, -0.2) is 31.5 Å². The van der Waals surface area contributed by atoms with E-state index < -0.39 is 37.2 Å². The maximum atomic E-state index is 7.82. The van der Waals surface area contributed by atoms with Crippen molar-refractivity contribution in [3.05, 3.63) is 24.2 Å². The number of ether oxygens (including phenoxy) is 2. The van der Waals surface area contributed by atoms with Crippen LogP contribution in [0.4, 0.5) is 0 Å². The third-order valence-corrected chi connectivity index (χ3v) is 1.99. The van der Waals surface area contributed by atoms with E-state index in [1.54, 1.807) is 0 Å². The second-order valence-electron chi connectivity index (χ2n) is 2.93. The van der Waals surface area contributed by atoms with Crippen LogP contribution in [-0.2, 0) is 0 Å². The largest absolute Gasteiger partial charge is 0.485 e. The first-order chi connectivity index (χ1) is 10.5. The van der Waals surface area contributed by atoms with Gasteiger partial charge in [-0.25, -0.2) is 0 Å². The SMILES string of the molecule is [2H]c1c([2H])c([2H])c2c(c1[2H])OC[C@H](C1=NC([2H])([2H])C([2H])([2H])N1)O2. The van der Waals surface area contributed by atoms with Gasteiger partial charge in [-0.05, 0) is 12.1 Å². The van der Waals surface area contributed by atoms with Crippen molar-refractivity contribution in [3.63, 3.8) is 0 Å². The molecule has 1 atom stereocenters. The molecule has 1 aromatic rings. The van der Waals surface area contributed by atoms with E-state index in [4.69, 9.17) is 20.4 Å². The molecular weight excluding hydrogens is 192 g/mol. The molecule has 0 amide bonds. The molecule has 0 radical (unpaired) electrons. The minimum absolute atomic E-state index is 0.113. The molecular formula is C11H12N2O2. The van der Waals surface area contributed by atoms with Gasteiger partial charge < -0.3 is 14.8 Å². The van der Waals surface area contributed by atoms with E-state index in [-0.39, 0.29) is 30.0 Å². The first kappa shape index (κ1) is 3.70. The number of fused-ring (bicyclic) bond motifs is 1. The number of nitrogens with one attached hydrogen (secondary N) is 1. The third-order valence-electron chi connectivity index (χ3n) is 1.99. The van der Waals surface area contributed by atoms with Gasteiger partial charge in [0.25, 0.3) is 0 Å². The van der Waals surface area contributed by atoms with Crippen molar-refractivity contribution in [1.82, 2.24) is 5.32 Å². The molecule has 0 fully saturated rings. The van der Waals surface area contributed by atoms with Gasteiger partial charge in [0.1, 0.15) is 12.4 Å². The summed E-state index contributed by atoms with van der Waals surface area (Å²) in [7, 11) is 0. The van der Waals surface area contributed by atoms with E-state index in [0.717, 1.165) is 0 Å². The number of benzene rings is 1. The van der Waals surface area contributed by atoms with Crippen molar-refractivity contribution in [2.45, 2.75) is 6.10 Å². The Morgan fingerprint density at radius 3 is 3.13 bits per heavy atom. The average Bonchev–Trinajstić information content (AvgIpc) is 2.70. The Kier molecular flexibility index (Phi) is 0.853. The molecule has 2 heterocycles. The molecule has 2 aliphatic heterocycles. The summed E-state index contributed by atoms with van der Waals surface area (Å²) in [4.78, 5) is 3.63. The van der Waals surface area contributed by atoms with Crippen molar-refractivity contribution in [2.24, 2.45) is 4.99 Å². The number of nitrogens with zero attached hydrogens (tertiary/aromatic N) is 1. The van der Waals surface area contributed by atoms with Crippen molar-refractivity contribution < 1.29 is 20.4 Å². The summed E-state index contributed by atoms with van der Waals surface area (Å²) in [5, 5.41) is 2.29. The molecule has 0 spiro atoms. The Morgan fingerprint density at radius 1 is 1.47 bits per heavy atom. The zero-order valence-corrected chi connectivity index (χ0v) is 7.55. The van der Waals surface area contributed by atoms with Gasteiger partial charge in [0.05, 0.1) is 17.5 Å². The molecule has 78 valence electrons. The fourth-order valence-electron chi connectivity index (χ4n) is 1.30. The van der Waals surface area contributed by atoms with Crippen LogP contribution < -0.4 is 14.8 Å². The molecule has 3 rings (SSSR count). The first-order valence-corrected chi connectivity index (χ1v) is 4.33. The fourth-order valence-corrected chi connectivity index (χ4v) is 1.30. The zero-order chi connectivity index (χ0) is 17.2. The second-order valence-corrected chi connectivity index (χ2v) is 2.93. The molecule has 0 saturated heterocycles. The highest BCUT2D eigenvalue weighted by atomic mass is 16.6. The number of hydrogen-bond donors (Lipinski definition) is 1. The zero-order valence-electron chi connectivity index (χ0n) is 15.5. The van der Waals surface area contributed by atoms with Gasteiger partial charge >= 0.3 is 0 Å². The summed E-state index contributed by atoms with van der Waals surface area (Å²) in [6.45, 7) is -5.09. The molecule has 1 aromatic carbocycles. The molecule has 0 unspecified atom stereocenters. The summed E-state index contributed by atoms with van der Waals surface area (Å²) in [5.41, 5.74) is 0. The lowest BCUT2D eigenvalue weighted by Gasteiger charge is -2.26. The predicted molar refractivity (Wildman–Crippen MR) is 56.7 cm³/mol. The maximum absolute atomic E-state index is 7.82. The van der Waals surface area contributed by atoms with E-state index in [1.165, 1.54) is 0 Å². The number of amidine groups is 1. The maximum Gasteiger partial charge on any atom is 0.189 e. The highest BCUT2D eigenvalue weighted by Crippen LogP contribution is 2.31. The van der Waals surface area contributed by atoms with Crippen molar-refractivity contribution >= 4 is 5.84 Å². The summed E-state index contributed by atoms with van der Waals surface area (Å²) in [6, 6.07) is -1.72. The van der Waals surface area contributed by atoms with Crippen LogP contribution >= 0.6 is 0 Å². The smallest absolute Gasteiger partial charge is 0.189 e. The van der Waals surface area contributed by atoms with Crippen molar-refractivity contribution in [3.8, 4) is 11.5 Å². The lowest BCUT2D eigenvalue weighted by molar-refractivity contribution is 0.133. The van der Waals surface area contributed by atoms with Crippen molar-refractivity contribution in [1.29, 1.82) is 0 Å². The van der Waals surface area contributed by atoms with Crippen LogP contribution in [0.1, 0.15) is 11.0 Å². The first-order valence-electron chi connectivity index (χ1n) is 8.33. The Morgan fingerprint density at radius 2 is 2.33 bits per heavy atom. The van der Waals surface area contributed by atoms with Crippen LogP contribution in [0.2, 0.25) is 0 Å². The van der Waals surface area contributed by atoms with Crippen molar-refractivity contribution in [2.75, 3.05) is 19.6 Å². The Labute approximate surface area is 99.2 Å². The Bertz CT molecular complexity index is 721. The predicted octanol–water partition coefficient (Wildman–Crippen LogP) is 0.828. The van der Waals surface area contributed by atoms with Crippen LogP contribution in [0, 0.1) is 0 Å². The summed E-state index contributed by atoms with van der Waals surface area (Å²) in [6.07, 6.45) is -1.00. The van der Waals surface area contributed by atoms with E-state index in [9.17, 15) is 0 Å². The number of aliphatic imine (C=N–C) groups is 1. The number of hydrogen-bond acceptors (Lipinski definition) is 4. The van der Waals surface area contributed by atoms with Crippen LogP contribution in [0.25, 0.3) is 0 Å². The van der Waals surface area contributed by atoms with E-state index in [2.05, 4.69) is 10.3 Å². The second kappa shape index (κ2) is 3.46. The average molecular weight is 212 g/mol. The monoisotopic (exact) mass is 212 g/mol. The van der Waals surface area contributed by atoms with Gasteiger partial charge in [0.2, 0.25) is 0 Å². The molecule has 0 aliphatic carbocycles. The third kappa shape index (κ3) is 1.52. The molecule has 1 N–H and O–H groups in total. The molecule has 15 heavy (non-hydrogen) atoms. The van der Waals surface area contributed by atoms with Gasteiger partial charge in [0.15, 0.2) is 17.6 Å². The summed E-state index contributed by atoms with van der Waals surface area (Å²) in [5.74, 6) is -0.445. The molecule has 0 saturated carbocycles. The number of rotatable bonds is 1. The van der Waals surface area contributed by atoms with Gasteiger partial charge in [-0.1, -0.05) is 12.1 Å². The lowest BCUT2D eigenvalue weighted by Crippen LogP contribution is -2.42. The topological polar surface area (TPSA) is 42.8 Å². The van der Waals surface area contributed by atoms with Gasteiger partial charge in [-0.15, -0.1) is 0 Å². The minimum atomic E-state index is -2.48. The van der Waals surface area contributed by atoms with Gasteiger partial charge in [0, 0.05) is 6.50 Å². The van der Waals surface area contributed by atoms with Crippen LogP contribution in [0.15, 0.2) is 29.2 Å². The summed E-state index contributed by atoms with van der Waals surface area (Å²) < 4.78 is 71.8. The lowest BCUT2D eigenvalue weighted by atomic mass is 10.2. The standard InChI is InChI=1S/C11H12N2O2/c1-2-4-9-8(3-1)14-7-10(15-9)11-12-5-6-13-11/h1-4,10H,5-7H2,(H,12,13)/t10-/m1/s1/i1D,2D,3D,4D,5D2,6D2. The van der Waals surface area contributed by atoms with Crippen LogP contribution in [0.5, 0.6) is 11.5 Å². The highest BCUT2D eigenvalue weighted by Gasteiger charge is 2.26. The Balaban J connectivity index is 1.96. The molecule has 2 aliphatic rings. The fraction of sp³-hybridized carbons (Fsp3) is 0.364. The number of para-hydroxylation sites is 2. The van der Waals surface area contributed by atoms with Gasteiger partial charge in [-0.2, -0.15) is 0 Å². The van der Waals surface area contributed by atoms with Gasteiger partial charge in [-0.3, -0.25) is 4.99 Å². The van der Waals surface area contributed by atoms with Crippen LogP contribution in [0.3, 0.4) is 0 Å². The highest BCUT2D eigenvalue weighted by molar-refractivity contribution is 5.88. The molecule has 0 aromatic heterocycles. The normalized spacial score (nSPS) is 37.6. The van der Waals surface area contributed by atoms with E-state index >= 15 is 0 Å².